The summed E-state index contributed by atoms with van der Waals surface area (Å²) in [6.45, 7) is 3.36. The van der Waals surface area contributed by atoms with E-state index in [1.807, 2.05) is 31.2 Å². The van der Waals surface area contributed by atoms with Crippen LogP contribution in [0.3, 0.4) is 0 Å². The number of hydrogen-bond acceptors (Lipinski definition) is 2. The molecule has 3 nitrogen and oxygen atoms in total. The first-order chi connectivity index (χ1) is 7.59. The second kappa shape index (κ2) is 3.93. The van der Waals surface area contributed by atoms with Crippen LogP contribution >= 0.6 is 0 Å². The fourth-order valence-corrected chi connectivity index (χ4v) is 2.00. The van der Waals surface area contributed by atoms with Gasteiger partial charge in [-0.05, 0) is 19.9 Å². The average Bonchev–Trinajstić information content (AvgIpc) is 2.52. The SMILES string of the molecule is CC(=O)C/C(C)=C1\C(=O)Nc2ccccc21. The molecule has 0 atom stereocenters. The van der Waals surface area contributed by atoms with Gasteiger partial charge < -0.3 is 5.32 Å². The standard InChI is InChI=1S/C13H13NO2/c1-8(7-9(2)15)12-10-5-3-4-6-11(10)14-13(12)16/h3-6H,7H2,1-2H3,(H,14,16)/b12-8-. The van der Waals surface area contributed by atoms with Crippen LogP contribution in [0.5, 0.6) is 0 Å². The Morgan fingerprint density at radius 2 is 1.94 bits per heavy atom. The number of Topliss-reactive ketones (excluding diaryl/α,β-unsaturated/α-hetero) is 1. The normalized spacial score (nSPS) is 16.8. The molecule has 3 heteroatoms. The van der Waals surface area contributed by atoms with Crippen molar-refractivity contribution >= 4 is 23.0 Å². The molecule has 1 N–H and O–H groups in total. The summed E-state index contributed by atoms with van der Waals surface area (Å²) >= 11 is 0. The number of ketones is 1. The maximum Gasteiger partial charge on any atom is 0.256 e. The van der Waals surface area contributed by atoms with E-state index in [-0.39, 0.29) is 11.7 Å². The quantitative estimate of drug-likeness (QED) is 0.770. The summed E-state index contributed by atoms with van der Waals surface area (Å²) in [6, 6.07) is 7.52. The highest BCUT2D eigenvalue weighted by Crippen LogP contribution is 2.34. The van der Waals surface area contributed by atoms with Gasteiger partial charge in [0.2, 0.25) is 0 Å². The Balaban J connectivity index is 2.50. The molecule has 0 fully saturated rings. The maximum atomic E-state index is 11.8. The van der Waals surface area contributed by atoms with E-state index in [2.05, 4.69) is 5.32 Å². The van der Waals surface area contributed by atoms with E-state index in [1.54, 1.807) is 0 Å². The fourth-order valence-electron chi connectivity index (χ4n) is 2.00. The first-order valence-electron chi connectivity index (χ1n) is 5.19. The van der Waals surface area contributed by atoms with E-state index >= 15 is 0 Å². The Hall–Kier alpha value is -1.90. The summed E-state index contributed by atoms with van der Waals surface area (Å²) in [6.07, 6.45) is 0.330. The third-order valence-electron chi connectivity index (χ3n) is 2.61. The van der Waals surface area contributed by atoms with E-state index < -0.39 is 0 Å². The third-order valence-corrected chi connectivity index (χ3v) is 2.61. The van der Waals surface area contributed by atoms with Gasteiger partial charge in [-0.15, -0.1) is 0 Å². The molecule has 1 aromatic carbocycles. The van der Waals surface area contributed by atoms with E-state index in [0.717, 1.165) is 16.8 Å². The lowest BCUT2D eigenvalue weighted by atomic mass is 9.99. The van der Waals surface area contributed by atoms with Crippen molar-refractivity contribution in [2.45, 2.75) is 20.3 Å². The van der Waals surface area contributed by atoms with Gasteiger partial charge in [0, 0.05) is 23.2 Å². The number of allylic oxidation sites excluding steroid dienone is 1. The zero-order valence-corrected chi connectivity index (χ0v) is 9.33. The van der Waals surface area contributed by atoms with Gasteiger partial charge in [0.05, 0.1) is 0 Å². The molecular weight excluding hydrogens is 202 g/mol. The lowest BCUT2D eigenvalue weighted by Gasteiger charge is -2.02. The van der Waals surface area contributed by atoms with Crippen molar-refractivity contribution < 1.29 is 9.59 Å². The number of rotatable bonds is 2. The zero-order valence-electron chi connectivity index (χ0n) is 9.33. The van der Waals surface area contributed by atoms with Crippen LogP contribution in [0.2, 0.25) is 0 Å². The first kappa shape index (κ1) is 10.6. The van der Waals surface area contributed by atoms with Crippen molar-refractivity contribution in [3.8, 4) is 0 Å². The largest absolute Gasteiger partial charge is 0.321 e. The summed E-state index contributed by atoms with van der Waals surface area (Å²) in [7, 11) is 0. The van der Waals surface area contributed by atoms with Gasteiger partial charge in [0.1, 0.15) is 5.78 Å². The lowest BCUT2D eigenvalue weighted by Crippen LogP contribution is -2.06. The molecule has 1 aromatic rings. The number of hydrogen-bond donors (Lipinski definition) is 1. The zero-order chi connectivity index (χ0) is 11.7. The Kier molecular flexibility index (Phi) is 2.60. The smallest absolute Gasteiger partial charge is 0.256 e. The first-order valence-corrected chi connectivity index (χ1v) is 5.19. The molecule has 0 unspecified atom stereocenters. The molecule has 0 radical (unpaired) electrons. The number of fused-ring (bicyclic) bond motifs is 1. The highest BCUT2D eigenvalue weighted by atomic mass is 16.2. The summed E-state index contributed by atoms with van der Waals surface area (Å²) in [5.41, 5.74) is 3.19. The van der Waals surface area contributed by atoms with Crippen LogP contribution < -0.4 is 5.32 Å². The molecule has 1 aliphatic rings. The number of amides is 1. The minimum Gasteiger partial charge on any atom is -0.321 e. The van der Waals surface area contributed by atoms with Gasteiger partial charge in [-0.2, -0.15) is 0 Å². The van der Waals surface area contributed by atoms with E-state index in [9.17, 15) is 9.59 Å². The average molecular weight is 215 g/mol. The van der Waals surface area contributed by atoms with Crippen molar-refractivity contribution in [3.63, 3.8) is 0 Å². The number of benzene rings is 1. The summed E-state index contributed by atoms with van der Waals surface area (Å²) in [5, 5.41) is 2.79. The molecule has 0 aromatic heterocycles. The second-order valence-electron chi connectivity index (χ2n) is 4.03. The van der Waals surface area contributed by atoms with Crippen LogP contribution in [-0.4, -0.2) is 11.7 Å². The van der Waals surface area contributed by atoms with Gasteiger partial charge in [0.15, 0.2) is 0 Å². The molecule has 0 saturated heterocycles. The van der Waals surface area contributed by atoms with Crippen molar-refractivity contribution in [1.29, 1.82) is 0 Å². The summed E-state index contributed by atoms with van der Waals surface area (Å²) in [4.78, 5) is 22.8. The predicted octanol–water partition coefficient (Wildman–Crippen LogP) is 2.39. The Morgan fingerprint density at radius 1 is 1.25 bits per heavy atom. The molecular formula is C13H13NO2. The molecule has 16 heavy (non-hydrogen) atoms. The summed E-state index contributed by atoms with van der Waals surface area (Å²) < 4.78 is 0. The van der Waals surface area contributed by atoms with Crippen LogP contribution in [-0.2, 0) is 9.59 Å². The molecule has 1 aliphatic heterocycles. The molecule has 0 bridgehead atoms. The molecule has 2 rings (SSSR count). The molecule has 0 aliphatic carbocycles. The predicted molar refractivity (Wildman–Crippen MR) is 63.0 cm³/mol. The number of carbonyl (C=O) groups is 2. The highest BCUT2D eigenvalue weighted by Gasteiger charge is 2.25. The Bertz CT molecular complexity index is 500. The van der Waals surface area contributed by atoms with Crippen molar-refractivity contribution in [3.05, 3.63) is 35.4 Å². The van der Waals surface area contributed by atoms with Crippen LogP contribution in [0.25, 0.3) is 5.57 Å². The monoisotopic (exact) mass is 215 g/mol. The van der Waals surface area contributed by atoms with E-state index in [0.29, 0.717) is 12.0 Å². The van der Waals surface area contributed by atoms with Crippen molar-refractivity contribution in [1.82, 2.24) is 0 Å². The molecule has 82 valence electrons. The minimum absolute atomic E-state index is 0.0715. The number of anilines is 1. The third kappa shape index (κ3) is 1.76. The van der Waals surface area contributed by atoms with Gasteiger partial charge in [-0.3, -0.25) is 9.59 Å². The van der Waals surface area contributed by atoms with Gasteiger partial charge in [-0.1, -0.05) is 23.8 Å². The van der Waals surface area contributed by atoms with Crippen LogP contribution in [0.15, 0.2) is 29.8 Å². The highest BCUT2D eigenvalue weighted by molar-refractivity contribution is 6.32. The second-order valence-corrected chi connectivity index (χ2v) is 4.03. The van der Waals surface area contributed by atoms with Crippen LogP contribution in [0.1, 0.15) is 25.8 Å². The number of carbonyl (C=O) groups excluding carboxylic acids is 2. The Morgan fingerprint density at radius 3 is 2.62 bits per heavy atom. The lowest BCUT2D eigenvalue weighted by molar-refractivity contribution is -0.116. The maximum absolute atomic E-state index is 11.8. The van der Waals surface area contributed by atoms with Crippen LogP contribution in [0, 0.1) is 0 Å². The van der Waals surface area contributed by atoms with Gasteiger partial charge in [0.25, 0.3) is 5.91 Å². The van der Waals surface area contributed by atoms with Gasteiger partial charge in [-0.25, -0.2) is 0 Å². The fraction of sp³-hybridized carbons (Fsp3) is 0.231. The molecule has 1 heterocycles. The minimum atomic E-state index is -0.111. The van der Waals surface area contributed by atoms with Gasteiger partial charge >= 0.3 is 0 Å². The number of para-hydroxylation sites is 1. The van der Waals surface area contributed by atoms with Crippen molar-refractivity contribution in [2.75, 3.05) is 5.32 Å². The van der Waals surface area contributed by atoms with E-state index in [1.165, 1.54) is 6.92 Å². The molecule has 0 spiro atoms. The topological polar surface area (TPSA) is 46.2 Å². The summed E-state index contributed by atoms with van der Waals surface area (Å²) in [5.74, 6) is -0.0397. The van der Waals surface area contributed by atoms with E-state index in [4.69, 9.17) is 0 Å². The van der Waals surface area contributed by atoms with Crippen LogP contribution in [0.4, 0.5) is 5.69 Å². The molecule has 1 amide bonds. The molecule has 0 saturated carbocycles. The van der Waals surface area contributed by atoms with Crippen molar-refractivity contribution in [2.24, 2.45) is 0 Å². The number of nitrogens with one attached hydrogen (secondary N) is 1. The Labute approximate surface area is 94.2 Å².